The number of aryl methyl sites for hydroxylation is 2. The summed E-state index contributed by atoms with van der Waals surface area (Å²) in [6.45, 7) is 10.5. The van der Waals surface area contributed by atoms with Crippen LogP contribution in [-0.4, -0.2) is 6.10 Å². The van der Waals surface area contributed by atoms with Crippen molar-refractivity contribution in [3.8, 4) is 5.75 Å². The molecule has 112 valence electrons. The Hall–Kier alpha value is -1.96. The lowest BCUT2D eigenvalue weighted by molar-refractivity contribution is 0.242. The van der Waals surface area contributed by atoms with E-state index in [1.807, 2.05) is 26.0 Å². The third kappa shape index (κ3) is 4.25. The third-order valence-electron chi connectivity index (χ3n) is 3.64. The van der Waals surface area contributed by atoms with Crippen molar-refractivity contribution in [3.63, 3.8) is 0 Å². The molecule has 2 rings (SSSR count). The van der Waals surface area contributed by atoms with Crippen LogP contribution in [0.5, 0.6) is 5.75 Å². The Morgan fingerprint density at radius 1 is 0.857 bits per heavy atom. The molecule has 0 fully saturated rings. The molecule has 0 saturated heterocycles. The highest BCUT2D eigenvalue weighted by molar-refractivity contribution is 5.49. The zero-order valence-electron chi connectivity index (χ0n) is 13.6. The van der Waals surface area contributed by atoms with E-state index < -0.39 is 0 Å². The maximum atomic E-state index is 5.68. The van der Waals surface area contributed by atoms with Crippen molar-refractivity contribution in [1.82, 2.24) is 0 Å². The lowest BCUT2D eigenvalue weighted by atomic mass is 10.1. The van der Waals surface area contributed by atoms with Crippen LogP contribution in [0.2, 0.25) is 0 Å². The molecular weight excluding hydrogens is 258 g/mol. The average molecular weight is 283 g/mol. The Morgan fingerprint density at radius 3 is 2.10 bits per heavy atom. The summed E-state index contributed by atoms with van der Waals surface area (Å²) in [5, 5.41) is 3.55. The fourth-order valence-corrected chi connectivity index (χ4v) is 2.27. The number of nitrogens with one attached hydrogen (secondary N) is 1. The average Bonchev–Trinajstić information content (AvgIpc) is 2.43. The highest BCUT2D eigenvalue weighted by Crippen LogP contribution is 2.23. The molecule has 0 aliphatic rings. The lowest BCUT2D eigenvalue weighted by Gasteiger charge is -2.17. The number of hydrogen-bond donors (Lipinski definition) is 1. The quantitative estimate of drug-likeness (QED) is 0.807. The molecule has 1 N–H and O–H groups in total. The Kier molecular flexibility index (Phi) is 4.89. The first kappa shape index (κ1) is 15.4. The first-order valence-electron chi connectivity index (χ1n) is 7.56. The molecule has 0 aliphatic heterocycles. The van der Waals surface area contributed by atoms with Gasteiger partial charge in [-0.1, -0.05) is 18.2 Å². The van der Waals surface area contributed by atoms with Crippen LogP contribution < -0.4 is 10.1 Å². The summed E-state index contributed by atoms with van der Waals surface area (Å²) < 4.78 is 5.68. The van der Waals surface area contributed by atoms with Gasteiger partial charge in [0.1, 0.15) is 5.75 Å². The monoisotopic (exact) mass is 283 g/mol. The maximum Gasteiger partial charge on any atom is 0.119 e. The van der Waals surface area contributed by atoms with Gasteiger partial charge in [-0.15, -0.1) is 0 Å². The molecule has 0 aromatic heterocycles. The summed E-state index contributed by atoms with van der Waals surface area (Å²) in [6, 6.07) is 15.1. The zero-order valence-corrected chi connectivity index (χ0v) is 13.6. The van der Waals surface area contributed by atoms with Crippen molar-refractivity contribution in [2.45, 2.75) is 46.8 Å². The van der Waals surface area contributed by atoms with Crippen LogP contribution >= 0.6 is 0 Å². The molecule has 2 nitrogen and oxygen atoms in total. The molecule has 21 heavy (non-hydrogen) atoms. The number of ether oxygens (including phenoxy) is 1. The fourth-order valence-electron chi connectivity index (χ4n) is 2.27. The van der Waals surface area contributed by atoms with Crippen LogP contribution in [-0.2, 0) is 0 Å². The Balaban J connectivity index is 2.05. The van der Waals surface area contributed by atoms with Crippen LogP contribution in [0.1, 0.15) is 43.5 Å². The minimum Gasteiger partial charge on any atom is -0.491 e. The molecular formula is C19H25NO. The van der Waals surface area contributed by atoms with Crippen molar-refractivity contribution < 1.29 is 4.74 Å². The first-order chi connectivity index (χ1) is 9.95. The minimum atomic E-state index is 0.210. The highest BCUT2D eigenvalue weighted by atomic mass is 16.5. The van der Waals surface area contributed by atoms with E-state index in [-0.39, 0.29) is 12.1 Å². The Labute approximate surface area is 128 Å². The third-order valence-corrected chi connectivity index (χ3v) is 3.64. The molecule has 0 spiro atoms. The largest absolute Gasteiger partial charge is 0.491 e. The van der Waals surface area contributed by atoms with Crippen LogP contribution in [0.25, 0.3) is 0 Å². The Bertz CT molecular complexity index is 587. The zero-order chi connectivity index (χ0) is 15.4. The summed E-state index contributed by atoms with van der Waals surface area (Å²) in [4.78, 5) is 0. The fraction of sp³-hybridized carbons (Fsp3) is 0.368. The van der Waals surface area contributed by atoms with E-state index in [2.05, 4.69) is 56.4 Å². The second-order valence-electron chi connectivity index (χ2n) is 5.90. The van der Waals surface area contributed by atoms with Crippen LogP contribution in [0.15, 0.2) is 42.5 Å². The van der Waals surface area contributed by atoms with Crippen molar-refractivity contribution in [3.05, 3.63) is 59.2 Å². The van der Waals surface area contributed by atoms with Crippen LogP contribution in [0.3, 0.4) is 0 Å². The van der Waals surface area contributed by atoms with Gasteiger partial charge in [0.05, 0.1) is 6.10 Å². The van der Waals surface area contributed by atoms with Gasteiger partial charge in [0.2, 0.25) is 0 Å². The molecule has 0 heterocycles. The summed E-state index contributed by atoms with van der Waals surface area (Å²) in [5.74, 6) is 0.923. The summed E-state index contributed by atoms with van der Waals surface area (Å²) >= 11 is 0. The van der Waals surface area contributed by atoms with E-state index in [1.165, 1.54) is 16.7 Å². The maximum absolute atomic E-state index is 5.68. The van der Waals surface area contributed by atoms with E-state index in [0.29, 0.717) is 0 Å². The van der Waals surface area contributed by atoms with Crippen molar-refractivity contribution in [2.75, 3.05) is 5.32 Å². The first-order valence-corrected chi connectivity index (χ1v) is 7.56. The molecule has 0 saturated carbocycles. The molecule has 2 aromatic carbocycles. The van der Waals surface area contributed by atoms with Gasteiger partial charge in [-0.3, -0.25) is 0 Å². The molecule has 1 atom stereocenters. The number of anilines is 1. The molecule has 2 heteroatoms. The molecule has 0 aliphatic carbocycles. The van der Waals surface area contributed by atoms with Crippen molar-refractivity contribution in [1.29, 1.82) is 0 Å². The predicted octanol–water partition coefficient (Wildman–Crippen LogP) is 5.26. The molecule has 0 bridgehead atoms. The van der Waals surface area contributed by atoms with Gasteiger partial charge in [-0.25, -0.2) is 0 Å². The van der Waals surface area contributed by atoms with E-state index in [4.69, 9.17) is 4.74 Å². The van der Waals surface area contributed by atoms with E-state index in [1.54, 1.807) is 0 Å². The molecule has 2 aromatic rings. The van der Waals surface area contributed by atoms with Gasteiger partial charge in [-0.05, 0) is 75.6 Å². The molecule has 0 amide bonds. The van der Waals surface area contributed by atoms with E-state index >= 15 is 0 Å². The molecule has 0 radical (unpaired) electrons. The van der Waals surface area contributed by atoms with Crippen molar-refractivity contribution in [2.24, 2.45) is 0 Å². The van der Waals surface area contributed by atoms with Gasteiger partial charge >= 0.3 is 0 Å². The number of hydrogen-bond acceptors (Lipinski definition) is 2. The standard InChI is InChI=1S/C19H25NO/c1-13(2)21-19-10-7-17(8-11-19)16(5)20-18-9-6-14(3)15(4)12-18/h6-13,16,20H,1-5H3. The Morgan fingerprint density at radius 2 is 1.52 bits per heavy atom. The van der Waals surface area contributed by atoms with Crippen LogP contribution in [0.4, 0.5) is 5.69 Å². The smallest absolute Gasteiger partial charge is 0.119 e. The van der Waals surface area contributed by atoms with Crippen molar-refractivity contribution >= 4 is 5.69 Å². The SMILES string of the molecule is Cc1ccc(NC(C)c2ccc(OC(C)C)cc2)cc1C. The summed E-state index contributed by atoms with van der Waals surface area (Å²) in [7, 11) is 0. The van der Waals surface area contributed by atoms with Gasteiger partial charge in [0.15, 0.2) is 0 Å². The second-order valence-corrected chi connectivity index (χ2v) is 5.90. The van der Waals surface area contributed by atoms with Gasteiger partial charge < -0.3 is 10.1 Å². The summed E-state index contributed by atoms with van der Waals surface area (Å²) in [5.41, 5.74) is 5.05. The number of rotatable bonds is 5. The second kappa shape index (κ2) is 6.66. The normalized spacial score (nSPS) is 12.3. The lowest BCUT2D eigenvalue weighted by Crippen LogP contribution is -2.08. The van der Waals surface area contributed by atoms with E-state index in [9.17, 15) is 0 Å². The highest BCUT2D eigenvalue weighted by Gasteiger charge is 2.06. The molecule has 1 unspecified atom stereocenters. The van der Waals surface area contributed by atoms with Gasteiger partial charge in [-0.2, -0.15) is 0 Å². The van der Waals surface area contributed by atoms with Gasteiger partial charge in [0, 0.05) is 11.7 Å². The van der Waals surface area contributed by atoms with Gasteiger partial charge in [0.25, 0.3) is 0 Å². The van der Waals surface area contributed by atoms with E-state index in [0.717, 1.165) is 11.4 Å². The summed E-state index contributed by atoms with van der Waals surface area (Å²) in [6.07, 6.45) is 0.210. The predicted molar refractivity (Wildman–Crippen MR) is 90.2 cm³/mol. The minimum absolute atomic E-state index is 0.210. The number of benzene rings is 2. The topological polar surface area (TPSA) is 21.3 Å². The van der Waals surface area contributed by atoms with Crippen LogP contribution in [0, 0.1) is 13.8 Å².